The fourth-order valence-corrected chi connectivity index (χ4v) is 2.22. The van der Waals surface area contributed by atoms with Crippen molar-refractivity contribution in [3.63, 3.8) is 0 Å². The van der Waals surface area contributed by atoms with Crippen molar-refractivity contribution in [1.29, 1.82) is 0 Å². The highest BCUT2D eigenvalue weighted by Crippen LogP contribution is 2.28. The zero-order valence-electron chi connectivity index (χ0n) is 10.7. The maximum atomic E-state index is 10.8. The number of anilines is 1. The normalized spacial score (nSPS) is 11.1. The number of aryl methyl sites for hydroxylation is 1. The molecule has 7 nitrogen and oxygen atoms in total. The molecule has 0 aliphatic rings. The van der Waals surface area contributed by atoms with Crippen molar-refractivity contribution in [1.82, 2.24) is 9.78 Å². The molecule has 0 unspecified atom stereocenters. The van der Waals surface area contributed by atoms with Gasteiger partial charge in [-0.15, -0.1) is 0 Å². The Morgan fingerprint density at radius 2 is 2.20 bits per heavy atom. The lowest BCUT2D eigenvalue weighted by Crippen LogP contribution is -2.07. The van der Waals surface area contributed by atoms with Gasteiger partial charge >= 0.3 is 5.69 Å². The number of rotatable bonds is 3. The van der Waals surface area contributed by atoms with E-state index in [0.29, 0.717) is 6.54 Å². The Morgan fingerprint density at radius 1 is 1.45 bits per heavy atom. The third-order valence-electron chi connectivity index (χ3n) is 3.26. The SMILES string of the molecule is Cc1oc2ccccc2c1Cn1ncc([N+](=O)[O-])c1N. The minimum absolute atomic E-state index is 0.0414. The second-order valence-electron chi connectivity index (χ2n) is 4.46. The fourth-order valence-electron chi connectivity index (χ4n) is 2.22. The summed E-state index contributed by atoms with van der Waals surface area (Å²) in [5, 5.41) is 15.7. The number of nitrogens with two attached hydrogens (primary N) is 1. The molecule has 0 fully saturated rings. The van der Waals surface area contributed by atoms with Gasteiger partial charge in [0.05, 0.1) is 11.5 Å². The van der Waals surface area contributed by atoms with E-state index in [2.05, 4.69) is 5.10 Å². The highest BCUT2D eigenvalue weighted by atomic mass is 16.6. The maximum absolute atomic E-state index is 10.8. The van der Waals surface area contributed by atoms with Crippen LogP contribution in [0.3, 0.4) is 0 Å². The number of nitrogen functional groups attached to an aromatic ring is 1. The number of para-hydroxylation sites is 1. The second-order valence-corrected chi connectivity index (χ2v) is 4.46. The number of fused-ring (bicyclic) bond motifs is 1. The van der Waals surface area contributed by atoms with Gasteiger partial charge < -0.3 is 10.2 Å². The number of aromatic nitrogens is 2. The van der Waals surface area contributed by atoms with Crippen molar-refractivity contribution in [2.45, 2.75) is 13.5 Å². The van der Waals surface area contributed by atoms with Gasteiger partial charge in [0.1, 0.15) is 17.5 Å². The summed E-state index contributed by atoms with van der Waals surface area (Å²) in [7, 11) is 0. The van der Waals surface area contributed by atoms with Crippen LogP contribution in [0.1, 0.15) is 11.3 Å². The summed E-state index contributed by atoms with van der Waals surface area (Å²) in [6, 6.07) is 7.62. The lowest BCUT2D eigenvalue weighted by molar-refractivity contribution is -0.384. The molecule has 0 aliphatic heterocycles. The van der Waals surface area contributed by atoms with Crippen LogP contribution < -0.4 is 5.73 Å². The summed E-state index contributed by atoms with van der Waals surface area (Å²) in [4.78, 5) is 10.2. The van der Waals surface area contributed by atoms with Crippen molar-refractivity contribution in [3.05, 3.63) is 51.9 Å². The van der Waals surface area contributed by atoms with E-state index in [1.165, 1.54) is 4.68 Å². The van der Waals surface area contributed by atoms with Gasteiger partial charge in [-0.1, -0.05) is 18.2 Å². The minimum Gasteiger partial charge on any atom is -0.461 e. The number of furan rings is 1. The highest BCUT2D eigenvalue weighted by molar-refractivity contribution is 5.82. The predicted octanol–water partition coefficient (Wildman–Crippen LogP) is 2.48. The van der Waals surface area contributed by atoms with E-state index >= 15 is 0 Å². The summed E-state index contributed by atoms with van der Waals surface area (Å²) < 4.78 is 7.05. The second kappa shape index (κ2) is 4.37. The van der Waals surface area contributed by atoms with Crippen LogP contribution >= 0.6 is 0 Å². The molecule has 0 saturated heterocycles. The molecule has 0 saturated carbocycles. The van der Waals surface area contributed by atoms with E-state index in [9.17, 15) is 10.1 Å². The zero-order valence-corrected chi connectivity index (χ0v) is 10.7. The van der Waals surface area contributed by atoms with Gasteiger partial charge in [0.15, 0.2) is 0 Å². The van der Waals surface area contributed by atoms with E-state index in [1.54, 1.807) is 0 Å². The lowest BCUT2D eigenvalue weighted by atomic mass is 10.1. The molecule has 0 amide bonds. The van der Waals surface area contributed by atoms with Gasteiger partial charge in [-0.3, -0.25) is 10.1 Å². The molecule has 2 N–H and O–H groups in total. The topological polar surface area (TPSA) is 100 Å². The minimum atomic E-state index is -0.542. The van der Waals surface area contributed by atoms with Crippen molar-refractivity contribution >= 4 is 22.5 Å². The van der Waals surface area contributed by atoms with E-state index in [4.69, 9.17) is 10.2 Å². The Morgan fingerprint density at radius 3 is 2.90 bits per heavy atom. The van der Waals surface area contributed by atoms with Crippen LogP contribution in [0.4, 0.5) is 11.5 Å². The Labute approximate surface area is 113 Å². The zero-order chi connectivity index (χ0) is 14.3. The van der Waals surface area contributed by atoms with E-state index in [-0.39, 0.29) is 11.5 Å². The van der Waals surface area contributed by atoms with Gasteiger partial charge in [0, 0.05) is 10.9 Å². The molecule has 3 aromatic rings. The molecule has 2 aromatic heterocycles. The van der Waals surface area contributed by atoms with Crippen molar-refractivity contribution in [2.75, 3.05) is 5.73 Å². The first kappa shape index (κ1) is 12.2. The van der Waals surface area contributed by atoms with Crippen LogP contribution in [-0.2, 0) is 6.54 Å². The lowest BCUT2D eigenvalue weighted by Gasteiger charge is -2.03. The smallest absolute Gasteiger partial charge is 0.330 e. The van der Waals surface area contributed by atoms with Gasteiger partial charge in [0.25, 0.3) is 0 Å². The third kappa shape index (κ3) is 1.80. The number of hydrogen-bond acceptors (Lipinski definition) is 5. The molecule has 7 heteroatoms. The van der Waals surface area contributed by atoms with Crippen LogP contribution in [0, 0.1) is 17.0 Å². The highest BCUT2D eigenvalue weighted by Gasteiger charge is 2.19. The van der Waals surface area contributed by atoms with Crippen LogP contribution in [0.25, 0.3) is 11.0 Å². The molecule has 0 aliphatic carbocycles. The molecule has 0 bridgehead atoms. The molecule has 0 radical (unpaired) electrons. The number of nitrogens with zero attached hydrogens (tertiary/aromatic N) is 3. The van der Waals surface area contributed by atoms with Crippen molar-refractivity contribution < 1.29 is 9.34 Å². The summed E-state index contributed by atoms with van der Waals surface area (Å²) in [6.45, 7) is 2.19. The molecule has 102 valence electrons. The van der Waals surface area contributed by atoms with Crippen LogP contribution in [0.2, 0.25) is 0 Å². The van der Waals surface area contributed by atoms with Crippen LogP contribution in [0.15, 0.2) is 34.9 Å². The average Bonchev–Trinajstić information content (AvgIpc) is 2.92. The standard InChI is InChI=1S/C13H12N4O3/c1-8-10(9-4-2-3-5-12(9)20-8)7-16-13(14)11(6-15-16)17(18)19/h2-6H,7,14H2,1H3. The van der Waals surface area contributed by atoms with Crippen molar-refractivity contribution in [2.24, 2.45) is 0 Å². The predicted molar refractivity (Wildman–Crippen MR) is 73.3 cm³/mol. The van der Waals surface area contributed by atoms with E-state index < -0.39 is 4.92 Å². The molecule has 2 heterocycles. The van der Waals surface area contributed by atoms with Gasteiger partial charge in [-0.05, 0) is 13.0 Å². The van der Waals surface area contributed by atoms with Gasteiger partial charge in [0.2, 0.25) is 5.82 Å². The summed E-state index contributed by atoms with van der Waals surface area (Å²) in [5.74, 6) is 0.795. The Bertz CT molecular complexity index is 803. The van der Waals surface area contributed by atoms with Gasteiger partial charge in [-0.2, -0.15) is 5.10 Å². The molecule has 3 rings (SSSR count). The third-order valence-corrected chi connectivity index (χ3v) is 3.26. The largest absolute Gasteiger partial charge is 0.461 e. The quantitative estimate of drug-likeness (QED) is 0.583. The summed E-state index contributed by atoms with van der Waals surface area (Å²) in [6.07, 6.45) is 1.16. The van der Waals surface area contributed by atoms with E-state index in [0.717, 1.165) is 28.5 Å². The number of benzene rings is 1. The molecular weight excluding hydrogens is 260 g/mol. The first-order valence-electron chi connectivity index (χ1n) is 6.00. The summed E-state index contributed by atoms with van der Waals surface area (Å²) >= 11 is 0. The Balaban J connectivity index is 2.06. The number of nitro groups is 1. The molecule has 20 heavy (non-hydrogen) atoms. The molecular formula is C13H12N4O3. The van der Waals surface area contributed by atoms with Crippen LogP contribution in [0.5, 0.6) is 0 Å². The Hall–Kier alpha value is -2.83. The first-order chi connectivity index (χ1) is 9.58. The number of hydrogen-bond donors (Lipinski definition) is 1. The molecule has 1 aromatic carbocycles. The monoisotopic (exact) mass is 272 g/mol. The Kier molecular flexibility index (Phi) is 2.67. The molecule has 0 spiro atoms. The van der Waals surface area contributed by atoms with Crippen LogP contribution in [-0.4, -0.2) is 14.7 Å². The van der Waals surface area contributed by atoms with E-state index in [1.807, 2.05) is 31.2 Å². The first-order valence-corrected chi connectivity index (χ1v) is 6.00. The molecule has 0 atom stereocenters. The summed E-state index contributed by atoms with van der Waals surface area (Å²) in [5.41, 5.74) is 7.26. The maximum Gasteiger partial charge on any atom is 0.330 e. The average molecular weight is 272 g/mol. The fraction of sp³-hybridized carbons (Fsp3) is 0.154. The van der Waals surface area contributed by atoms with Gasteiger partial charge in [-0.25, -0.2) is 4.68 Å². The van der Waals surface area contributed by atoms with Crippen molar-refractivity contribution in [3.8, 4) is 0 Å².